The normalized spacial score (nSPS) is 12.3. The van der Waals surface area contributed by atoms with Crippen LogP contribution in [0.3, 0.4) is 0 Å². The number of carbonyl (C=O) groups is 1. The number of hydrogen-bond donors (Lipinski definition) is 1. The van der Waals surface area contributed by atoms with Crippen molar-refractivity contribution in [2.24, 2.45) is 0 Å². The Balaban J connectivity index is 2.30. The first-order valence-corrected chi connectivity index (χ1v) is 6.74. The van der Waals surface area contributed by atoms with Crippen LogP contribution in [0.15, 0.2) is 29.4 Å². The van der Waals surface area contributed by atoms with Gasteiger partial charge in [0.05, 0.1) is 5.69 Å². The van der Waals surface area contributed by atoms with Gasteiger partial charge in [-0.05, 0) is 41.5 Å². The minimum Gasteiger partial charge on any atom is -0.480 e. The van der Waals surface area contributed by atoms with Crippen LogP contribution in [0.2, 0.25) is 0 Å². The number of aryl methyl sites for hydroxylation is 1. The molecule has 1 atom stereocenters. The Morgan fingerprint density at radius 2 is 2.32 bits per heavy atom. The van der Waals surface area contributed by atoms with Gasteiger partial charge in [0, 0.05) is 0 Å². The number of hydrogen-bond acceptors (Lipinski definition) is 5. The molecule has 0 unspecified atom stereocenters. The fourth-order valence-electron chi connectivity index (χ4n) is 1.61. The van der Waals surface area contributed by atoms with E-state index in [2.05, 4.69) is 15.5 Å². The highest BCUT2D eigenvalue weighted by atomic mass is 32.2. The van der Waals surface area contributed by atoms with Crippen molar-refractivity contribution in [3.8, 4) is 5.69 Å². The molecule has 1 N–H and O–H groups in total. The molecule has 1 aromatic carbocycles. The number of aromatic nitrogens is 4. The van der Waals surface area contributed by atoms with Crippen molar-refractivity contribution in [3.05, 3.63) is 29.8 Å². The van der Waals surface area contributed by atoms with Crippen LogP contribution in [0.1, 0.15) is 18.9 Å². The summed E-state index contributed by atoms with van der Waals surface area (Å²) in [5.41, 5.74) is 1.92. The lowest BCUT2D eigenvalue weighted by atomic mass is 10.2. The Bertz CT molecular complexity index is 585. The van der Waals surface area contributed by atoms with Crippen LogP contribution in [0.4, 0.5) is 0 Å². The zero-order valence-electron chi connectivity index (χ0n) is 10.6. The quantitative estimate of drug-likeness (QED) is 0.842. The van der Waals surface area contributed by atoms with E-state index < -0.39 is 11.2 Å². The fourth-order valence-corrected chi connectivity index (χ4v) is 2.46. The van der Waals surface area contributed by atoms with Gasteiger partial charge in [-0.15, -0.1) is 5.10 Å². The van der Waals surface area contributed by atoms with Gasteiger partial charge >= 0.3 is 5.97 Å². The maximum Gasteiger partial charge on any atom is 0.317 e. The van der Waals surface area contributed by atoms with E-state index in [9.17, 15) is 4.79 Å². The van der Waals surface area contributed by atoms with Crippen molar-refractivity contribution in [3.63, 3.8) is 0 Å². The van der Waals surface area contributed by atoms with E-state index in [4.69, 9.17) is 5.11 Å². The van der Waals surface area contributed by atoms with Crippen molar-refractivity contribution in [2.75, 3.05) is 0 Å². The molecular formula is C12H14N4O2S. The van der Waals surface area contributed by atoms with E-state index in [0.717, 1.165) is 23.0 Å². The first-order valence-electron chi connectivity index (χ1n) is 5.86. The number of benzene rings is 1. The number of nitrogens with zero attached hydrogens (tertiary/aromatic N) is 4. The Hall–Kier alpha value is -1.89. The van der Waals surface area contributed by atoms with E-state index in [-0.39, 0.29) is 0 Å². The molecule has 0 fully saturated rings. The predicted octanol–water partition coefficient (Wildman–Crippen LogP) is 1.93. The zero-order valence-corrected chi connectivity index (χ0v) is 11.5. The van der Waals surface area contributed by atoms with Gasteiger partial charge in [-0.2, -0.15) is 4.68 Å². The van der Waals surface area contributed by atoms with Gasteiger partial charge in [0.1, 0.15) is 5.25 Å². The van der Waals surface area contributed by atoms with Crippen LogP contribution in [-0.2, 0) is 4.79 Å². The number of carboxylic acids is 1. The molecule has 100 valence electrons. The number of rotatable bonds is 5. The molecule has 0 aliphatic heterocycles. The second-order valence-electron chi connectivity index (χ2n) is 4.07. The van der Waals surface area contributed by atoms with Gasteiger partial charge in [-0.25, -0.2) is 0 Å². The van der Waals surface area contributed by atoms with Crippen molar-refractivity contribution < 1.29 is 9.90 Å². The maximum absolute atomic E-state index is 11.1. The molecule has 0 amide bonds. The molecule has 2 rings (SSSR count). The fraction of sp³-hybridized carbons (Fsp3) is 0.333. The number of thioether (sulfide) groups is 1. The third-order valence-corrected chi connectivity index (χ3v) is 3.87. The third kappa shape index (κ3) is 3.11. The molecule has 1 heterocycles. The molecule has 0 bridgehead atoms. The summed E-state index contributed by atoms with van der Waals surface area (Å²) in [6, 6.07) is 7.72. The summed E-state index contributed by atoms with van der Waals surface area (Å²) in [7, 11) is 0. The van der Waals surface area contributed by atoms with Crippen LogP contribution in [-0.4, -0.2) is 36.5 Å². The van der Waals surface area contributed by atoms with Crippen molar-refractivity contribution in [1.82, 2.24) is 20.2 Å². The maximum atomic E-state index is 11.1. The second kappa shape index (κ2) is 5.83. The SMILES string of the molecule is CC[C@@H](Sc1nnnn1-c1cccc(C)c1)C(=O)O. The van der Waals surface area contributed by atoms with Crippen molar-refractivity contribution >= 4 is 17.7 Å². The standard InChI is InChI=1S/C12H14N4O2S/c1-3-10(11(17)18)19-12-13-14-15-16(12)9-6-4-5-8(2)7-9/h4-7,10H,3H2,1-2H3,(H,17,18)/t10-/m1/s1. The summed E-state index contributed by atoms with van der Waals surface area (Å²) < 4.78 is 1.56. The van der Waals surface area contributed by atoms with E-state index in [1.54, 1.807) is 4.68 Å². The van der Waals surface area contributed by atoms with E-state index in [1.165, 1.54) is 0 Å². The molecule has 0 saturated carbocycles. The number of tetrazole rings is 1. The van der Waals surface area contributed by atoms with Crippen LogP contribution >= 0.6 is 11.8 Å². The van der Waals surface area contributed by atoms with Crippen LogP contribution in [0, 0.1) is 6.92 Å². The highest BCUT2D eigenvalue weighted by molar-refractivity contribution is 8.00. The number of aliphatic carboxylic acids is 1. The molecule has 0 aliphatic carbocycles. The molecule has 0 aliphatic rings. The number of carboxylic acid groups (broad SMARTS) is 1. The summed E-state index contributed by atoms with van der Waals surface area (Å²) in [4.78, 5) is 11.1. The summed E-state index contributed by atoms with van der Waals surface area (Å²) in [5.74, 6) is -0.855. The first kappa shape index (κ1) is 13.5. The van der Waals surface area contributed by atoms with E-state index >= 15 is 0 Å². The van der Waals surface area contributed by atoms with Gasteiger partial charge in [-0.3, -0.25) is 4.79 Å². The largest absolute Gasteiger partial charge is 0.480 e. The molecule has 6 nitrogen and oxygen atoms in total. The van der Waals surface area contributed by atoms with Gasteiger partial charge < -0.3 is 5.11 Å². The minimum atomic E-state index is -0.855. The first-order chi connectivity index (χ1) is 9.11. The third-order valence-electron chi connectivity index (χ3n) is 2.58. The predicted molar refractivity (Wildman–Crippen MR) is 71.5 cm³/mol. The Morgan fingerprint density at radius 3 is 2.95 bits per heavy atom. The summed E-state index contributed by atoms with van der Waals surface area (Å²) >= 11 is 1.16. The van der Waals surface area contributed by atoms with E-state index in [0.29, 0.717) is 11.6 Å². The molecule has 0 radical (unpaired) electrons. The molecule has 2 aromatic rings. The molecular weight excluding hydrogens is 264 g/mol. The van der Waals surface area contributed by atoms with Gasteiger partial charge in [0.25, 0.3) is 0 Å². The lowest BCUT2D eigenvalue weighted by Gasteiger charge is -2.09. The van der Waals surface area contributed by atoms with Gasteiger partial charge in [0.2, 0.25) is 5.16 Å². The van der Waals surface area contributed by atoms with E-state index in [1.807, 2.05) is 38.1 Å². The van der Waals surface area contributed by atoms with Gasteiger partial charge in [-0.1, -0.05) is 30.8 Å². The van der Waals surface area contributed by atoms with Crippen LogP contribution in [0.25, 0.3) is 5.69 Å². The van der Waals surface area contributed by atoms with Crippen LogP contribution in [0.5, 0.6) is 0 Å². The monoisotopic (exact) mass is 278 g/mol. The highest BCUT2D eigenvalue weighted by Gasteiger charge is 2.20. The Morgan fingerprint density at radius 1 is 1.53 bits per heavy atom. The van der Waals surface area contributed by atoms with Crippen molar-refractivity contribution in [1.29, 1.82) is 0 Å². The molecule has 0 spiro atoms. The van der Waals surface area contributed by atoms with Crippen molar-refractivity contribution in [2.45, 2.75) is 30.7 Å². The minimum absolute atomic E-state index is 0.486. The lowest BCUT2D eigenvalue weighted by molar-refractivity contribution is -0.136. The average molecular weight is 278 g/mol. The molecule has 7 heteroatoms. The zero-order chi connectivity index (χ0) is 13.8. The van der Waals surface area contributed by atoms with Crippen LogP contribution < -0.4 is 0 Å². The molecule has 0 saturated heterocycles. The smallest absolute Gasteiger partial charge is 0.317 e. The van der Waals surface area contributed by atoms with Gasteiger partial charge in [0.15, 0.2) is 0 Å². The summed E-state index contributed by atoms with van der Waals surface area (Å²) in [6.07, 6.45) is 0.515. The lowest BCUT2D eigenvalue weighted by Crippen LogP contribution is -2.16. The second-order valence-corrected chi connectivity index (χ2v) is 5.24. The topological polar surface area (TPSA) is 80.9 Å². The summed E-state index contributed by atoms with van der Waals surface area (Å²) in [5, 5.41) is 20.5. The Kier molecular flexibility index (Phi) is 4.16. The molecule has 1 aromatic heterocycles. The Labute approximate surface area is 114 Å². The average Bonchev–Trinajstić information content (AvgIpc) is 2.83. The highest BCUT2D eigenvalue weighted by Crippen LogP contribution is 2.25. The molecule has 19 heavy (non-hydrogen) atoms. The summed E-state index contributed by atoms with van der Waals surface area (Å²) in [6.45, 7) is 3.80.